The maximum absolute atomic E-state index is 11.8. The summed E-state index contributed by atoms with van der Waals surface area (Å²) in [6.45, 7) is 3.03. The number of nitrogens with one attached hydrogen (secondary N) is 2. The minimum atomic E-state index is -0.0518. The predicted octanol–water partition coefficient (Wildman–Crippen LogP) is 3.49. The molecule has 2 aromatic rings. The van der Waals surface area contributed by atoms with Gasteiger partial charge < -0.3 is 10.6 Å². The molecule has 0 fully saturated rings. The average Bonchev–Trinajstić information content (AvgIpc) is 2.44. The number of halogens is 1. The second-order valence-corrected chi connectivity index (χ2v) is 5.47. The minimum absolute atomic E-state index is 0.0518. The molecule has 1 amide bonds. The molecular weight excluding hydrogens is 316 g/mol. The fraction of sp³-hybridized carbons (Fsp3) is 0.188. The highest BCUT2D eigenvalue weighted by Gasteiger charge is 2.04. The quantitative estimate of drug-likeness (QED) is 0.879. The topological polar surface area (TPSA) is 41.1 Å². The number of benzene rings is 2. The number of para-hydroxylation sites is 1. The molecule has 0 radical (unpaired) electrons. The van der Waals surface area contributed by atoms with Crippen LogP contribution in [-0.4, -0.2) is 12.5 Å². The molecule has 0 aliphatic heterocycles. The lowest BCUT2D eigenvalue weighted by atomic mass is 10.1. The van der Waals surface area contributed by atoms with Crippen molar-refractivity contribution < 1.29 is 4.79 Å². The van der Waals surface area contributed by atoms with Crippen molar-refractivity contribution >= 4 is 27.5 Å². The van der Waals surface area contributed by atoms with Crippen LogP contribution in [0.2, 0.25) is 0 Å². The minimum Gasteiger partial charge on any atom is -0.324 e. The van der Waals surface area contributed by atoms with E-state index in [1.807, 2.05) is 24.3 Å². The highest BCUT2D eigenvalue weighted by Crippen LogP contribution is 2.20. The Morgan fingerprint density at radius 3 is 2.50 bits per heavy atom. The Morgan fingerprint density at radius 2 is 1.80 bits per heavy atom. The molecule has 4 heteroatoms. The van der Waals surface area contributed by atoms with Crippen molar-refractivity contribution in [2.24, 2.45) is 0 Å². The van der Waals surface area contributed by atoms with Crippen molar-refractivity contribution in [3.63, 3.8) is 0 Å². The largest absolute Gasteiger partial charge is 0.324 e. The standard InChI is InChI=1S/C16H17BrN2O/c1-12-6-8-13(9-7-12)10-18-11-16(20)19-15-5-3-2-4-14(15)17/h2-9,18H,10-11H2,1H3,(H,19,20). The van der Waals surface area contributed by atoms with E-state index in [4.69, 9.17) is 0 Å². The molecule has 104 valence electrons. The fourth-order valence-electron chi connectivity index (χ4n) is 1.78. The first-order valence-electron chi connectivity index (χ1n) is 6.46. The van der Waals surface area contributed by atoms with Gasteiger partial charge in [0.25, 0.3) is 0 Å². The van der Waals surface area contributed by atoms with Gasteiger partial charge in [0.15, 0.2) is 0 Å². The van der Waals surface area contributed by atoms with Gasteiger partial charge in [0, 0.05) is 11.0 Å². The predicted molar refractivity (Wildman–Crippen MR) is 85.7 cm³/mol. The van der Waals surface area contributed by atoms with Gasteiger partial charge in [0.1, 0.15) is 0 Å². The molecule has 2 N–H and O–H groups in total. The Kier molecular flexibility index (Phi) is 5.32. The zero-order valence-electron chi connectivity index (χ0n) is 11.3. The van der Waals surface area contributed by atoms with E-state index < -0.39 is 0 Å². The summed E-state index contributed by atoms with van der Waals surface area (Å²) >= 11 is 3.40. The van der Waals surface area contributed by atoms with Crippen LogP contribution in [0.5, 0.6) is 0 Å². The average molecular weight is 333 g/mol. The molecule has 0 spiro atoms. The summed E-state index contributed by atoms with van der Waals surface area (Å²) in [5.41, 5.74) is 3.19. The van der Waals surface area contributed by atoms with Crippen molar-refractivity contribution in [1.82, 2.24) is 5.32 Å². The van der Waals surface area contributed by atoms with E-state index in [0.717, 1.165) is 10.2 Å². The van der Waals surface area contributed by atoms with E-state index in [2.05, 4.69) is 57.8 Å². The third-order valence-corrected chi connectivity index (χ3v) is 3.57. The van der Waals surface area contributed by atoms with Crippen LogP contribution in [0.3, 0.4) is 0 Å². The summed E-state index contributed by atoms with van der Waals surface area (Å²) in [5, 5.41) is 5.99. The van der Waals surface area contributed by atoms with E-state index in [1.54, 1.807) is 0 Å². The van der Waals surface area contributed by atoms with Gasteiger partial charge in [-0.3, -0.25) is 4.79 Å². The molecule has 0 bridgehead atoms. The SMILES string of the molecule is Cc1ccc(CNCC(=O)Nc2ccccc2Br)cc1. The second-order valence-electron chi connectivity index (χ2n) is 4.62. The number of hydrogen-bond acceptors (Lipinski definition) is 2. The summed E-state index contributed by atoms with van der Waals surface area (Å²) in [7, 11) is 0. The van der Waals surface area contributed by atoms with Gasteiger partial charge in [-0.1, -0.05) is 42.0 Å². The van der Waals surface area contributed by atoms with Gasteiger partial charge in [0.2, 0.25) is 5.91 Å². The lowest BCUT2D eigenvalue weighted by molar-refractivity contribution is -0.115. The first kappa shape index (κ1) is 14.8. The molecule has 2 rings (SSSR count). The number of hydrogen-bond donors (Lipinski definition) is 2. The van der Waals surface area contributed by atoms with E-state index in [9.17, 15) is 4.79 Å². The fourth-order valence-corrected chi connectivity index (χ4v) is 2.17. The number of carbonyl (C=O) groups excluding carboxylic acids is 1. The van der Waals surface area contributed by atoms with Crippen molar-refractivity contribution in [3.8, 4) is 0 Å². The van der Waals surface area contributed by atoms with Crippen molar-refractivity contribution in [2.75, 3.05) is 11.9 Å². The van der Waals surface area contributed by atoms with Gasteiger partial charge in [-0.05, 0) is 40.5 Å². The zero-order chi connectivity index (χ0) is 14.4. The van der Waals surface area contributed by atoms with Gasteiger partial charge in [-0.15, -0.1) is 0 Å². The first-order valence-corrected chi connectivity index (χ1v) is 7.25. The van der Waals surface area contributed by atoms with Crippen LogP contribution in [0.25, 0.3) is 0 Å². The molecular formula is C16H17BrN2O. The Labute approximate surface area is 127 Å². The molecule has 0 aliphatic carbocycles. The lowest BCUT2D eigenvalue weighted by Crippen LogP contribution is -2.27. The Balaban J connectivity index is 1.78. The lowest BCUT2D eigenvalue weighted by Gasteiger charge is -2.08. The van der Waals surface area contributed by atoms with Crippen LogP contribution in [-0.2, 0) is 11.3 Å². The summed E-state index contributed by atoms with van der Waals surface area (Å²) in [6.07, 6.45) is 0. The number of amides is 1. The number of anilines is 1. The van der Waals surface area contributed by atoms with Crippen LogP contribution >= 0.6 is 15.9 Å². The molecule has 2 aromatic carbocycles. The highest BCUT2D eigenvalue weighted by atomic mass is 79.9. The molecule has 0 aromatic heterocycles. The molecule has 0 unspecified atom stereocenters. The van der Waals surface area contributed by atoms with Crippen molar-refractivity contribution in [3.05, 3.63) is 64.1 Å². The van der Waals surface area contributed by atoms with Crippen molar-refractivity contribution in [1.29, 1.82) is 0 Å². The summed E-state index contributed by atoms with van der Waals surface area (Å²) in [5.74, 6) is -0.0518. The van der Waals surface area contributed by atoms with E-state index in [-0.39, 0.29) is 12.5 Å². The van der Waals surface area contributed by atoms with Gasteiger partial charge in [0.05, 0.1) is 12.2 Å². The van der Waals surface area contributed by atoms with Crippen LogP contribution in [0.15, 0.2) is 53.0 Å². The van der Waals surface area contributed by atoms with E-state index >= 15 is 0 Å². The van der Waals surface area contributed by atoms with E-state index in [0.29, 0.717) is 6.54 Å². The number of carbonyl (C=O) groups is 1. The monoisotopic (exact) mass is 332 g/mol. The van der Waals surface area contributed by atoms with Crippen LogP contribution in [0, 0.1) is 6.92 Å². The number of aryl methyl sites for hydroxylation is 1. The van der Waals surface area contributed by atoms with Gasteiger partial charge in [-0.25, -0.2) is 0 Å². The Morgan fingerprint density at radius 1 is 1.10 bits per heavy atom. The molecule has 0 atom stereocenters. The van der Waals surface area contributed by atoms with Gasteiger partial charge >= 0.3 is 0 Å². The molecule has 20 heavy (non-hydrogen) atoms. The van der Waals surface area contributed by atoms with Crippen LogP contribution in [0.4, 0.5) is 5.69 Å². The Bertz CT molecular complexity index is 581. The zero-order valence-corrected chi connectivity index (χ0v) is 12.9. The molecule has 0 heterocycles. The highest BCUT2D eigenvalue weighted by molar-refractivity contribution is 9.10. The van der Waals surface area contributed by atoms with Crippen LogP contribution < -0.4 is 10.6 Å². The molecule has 0 saturated carbocycles. The third-order valence-electron chi connectivity index (χ3n) is 2.88. The van der Waals surface area contributed by atoms with E-state index in [1.165, 1.54) is 11.1 Å². The normalized spacial score (nSPS) is 10.3. The van der Waals surface area contributed by atoms with Crippen LogP contribution in [0.1, 0.15) is 11.1 Å². The molecule has 3 nitrogen and oxygen atoms in total. The summed E-state index contributed by atoms with van der Waals surface area (Å²) < 4.78 is 0.881. The number of rotatable bonds is 5. The smallest absolute Gasteiger partial charge is 0.238 e. The maximum atomic E-state index is 11.8. The second kappa shape index (κ2) is 7.22. The van der Waals surface area contributed by atoms with Gasteiger partial charge in [-0.2, -0.15) is 0 Å². The first-order chi connectivity index (χ1) is 9.65. The summed E-state index contributed by atoms with van der Waals surface area (Å²) in [4.78, 5) is 11.8. The third kappa shape index (κ3) is 4.47. The Hall–Kier alpha value is -1.65. The molecule has 0 aliphatic rings. The maximum Gasteiger partial charge on any atom is 0.238 e. The van der Waals surface area contributed by atoms with Crippen molar-refractivity contribution in [2.45, 2.75) is 13.5 Å². The summed E-state index contributed by atoms with van der Waals surface area (Å²) in [6, 6.07) is 15.8. The molecule has 0 saturated heterocycles.